The maximum absolute atomic E-state index is 14.5. The second-order valence-electron chi connectivity index (χ2n) is 40.5. The third-order valence-electron chi connectivity index (χ3n) is 30.8. The number of aliphatic hydroxyl groups is 7. The predicted octanol–water partition coefficient (Wildman–Crippen LogP) is -13.7. The van der Waals surface area contributed by atoms with Gasteiger partial charge >= 0.3 is 0 Å². The Kier molecular flexibility index (Phi) is 34.9. The lowest BCUT2D eigenvalue weighted by Crippen LogP contribution is -2.57. The Morgan fingerprint density at radius 2 is 0.469 bits per heavy atom. The van der Waals surface area contributed by atoms with Gasteiger partial charge in [-0.15, -0.1) is 0 Å². The van der Waals surface area contributed by atoms with Gasteiger partial charge in [-0.25, -0.2) is 0 Å². The van der Waals surface area contributed by atoms with Gasteiger partial charge in [0.1, 0.15) is 90.6 Å². The molecule has 147 heavy (non-hydrogen) atoms. The highest BCUT2D eigenvalue weighted by atomic mass is 32.1. The van der Waals surface area contributed by atoms with Gasteiger partial charge in [0.05, 0.1) is 88.5 Å². The summed E-state index contributed by atoms with van der Waals surface area (Å²) in [4.78, 5) is 336. The number of rotatable bonds is 32. The highest BCUT2D eigenvalue weighted by Crippen LogP contribution is 2.36. The Morgan fingerprint density at radius 1 is 0.279 bits per heavy atom. The van der Waals surface area contributed by atoms with Gasteiger partial charge in [-0.2, -0.15) is 12.6 Å². The van der Waals surface area contributed by atoms with E-state index < -0.39 is 309 Å². The van der Waals surface area contributed by atoms with Crippen molar-refractivity contribution in [2.24, 2.45) is 5.73 Å². The Hall–Kier alpha value is -12.6. The molecule has 14 saturated heterocycles. The van der Waals surface area contributed by atoms with Crippen LogP contribution in [0.3, 0.4) is 0 Å². The zero-order chi connectivity index (χ0) is 106. The SMILES string of the molecule is NC(=O)[C@H](CS)NC(=O)CNC(=O)[C@@H]1C[C@H](O)CN1C(=O)[C@@H]1CCCN1C(=O)CNC(=O)[C@@H]1C[C@H](O)CN1C(=O)[C@@H]1CCCN1C(=O)CNC(=O)[C@@H]1C[C@H](O)CN1C(=O)[C@@H]1CCCN1C(=O)CNC(=O)[C@@H]1C[C@H](O)CN1C(=O)[C@@H]1CCCN1C(=O)CNC(=O)[C@@H]1C[C@H](O)CN1C(=O)[C@@H]1CCCN1C(=O)CNC(=O)[C@@H]1C[C@H](O)CN1C(=O)[C@@H]1CCCN1C(=O)CNC(=O)[C@@H]1C[C@H](O)CN1C(=O)[C@@H]1CCCN1C(=O)C1=CC=CC1. The molecule has 15 rings (SSSR count). The number of carbonyl (C=O) groups excluding carboxylic acids is 23. The van der Waals surface area contributed by atoms with Gasteiger partial charge in [-0.1, -0.05) is 18.2 Å². The predicted molar refractivity (Wildman–Crippen MR) is 504 cm³/mol. The molecule has 54 heteroatoms. The van der Waals surface area contributed by atoms with Gasteiger partial charge < -0.3 is 153 Å². The summed E-state index contributed by atoms with van der Waals surface area (Å²) in [5.41, 5.74) is 5.79. The molecule has 0 radical (unpaired) electrons. The lowest BCUT2D eigenvalue weighted by molar-refractivity contribution is -0.148. The lowest BCUT2D eigenvalue weighted by Gasteiger charge is -2.32. The monoisotopic (exact) mass is 2080 g/mol. The van der Waals surface area contributed by atoms with Crippen LogP contribution in [0.25, 0.3) is 0 Å². The molecule has 0 aromatic rings. The number of nitrogens with one attached hydrogen (secondary N) is 8. The molecule has 22 atom stereocenters. The van der Waals surface area contributed by atoms with Crippen molar-refractivity contribution < 1.29 is 146 Å². The normalized spacial score (nSPS) is 30.1. The van der Waals surface area contributed by atoms with Crippen LogP contribution in [-0.2, 0) is 110 Å². The molecule has 23 amide bonds. The number of hydrogen-bond acceptors (Lipinski definition) is 31. The fourth-order valence-electron chi connectivity index (χ4n) is 23.5. The van der Waals surface area contributed by atoms with Gasteiger partial charge in [-0.05, 0) is 96.3 Å². The third-order valence-corrected chi connectivity index (χ3v) is 31.2. The maximum atomic E-state index is 14.5. The largest absolute Gasteiger partial charge is 0.391 e. The maximum Gasteiger partial charge on any atom is 0.250 e. The van der Waals surface area contributed by atoms with Crippen LogP contribution in [0.2, 0.25) is 0 Å². The summed E-state index contributed by atoms with van der Waals surface area (Å²) in [5.74, 6) is -16.9. The van der Waals surface area contributed by atoms with Gasteiger partial charge in [0, 0.05) is 148 Å². The summed E-state index contributed by atoms with van der Waals surface area (Å²) in [6, 6.07) is -18.1. The van der Waals surface area contributed by atoms with Gasteiger partial charge in [0.25, 0.3) is 5.91 Å². The third kappa shape index (κ3) is 24.0. The average Bonchev–Trinajstić information content (AvgIpc) is 1.69. The number of allylic oxidation sites excluding steroid dienone is 3. The van der Waals surface area contributed by atoms with E-state index in [-0.39, 0.29) is 180 Å². The first kappa shape index (κ1) is 109. The minimum Gasteiger partial charge on any atom is -0.391 e. The van der Waals surface area contributed by atoms with Crippen LogP contribution in [0.4, 0.5) is 0 Å². The number of primary amides is 1. The van der Waals surface area contributed by atoms with E-state index in [2.05, 4.69) is 55.2 Å². The quantitative estimate of drug-likeness (QED) is 0.0278. The van der Waals surface area contributed by atoms with Crippen molar-refractivity contribution in [1.29, 1.82) is 0 Å². The van der Waals surface area contributed by atoms with Crippen LogP contribution >= 0.6 is 12.6 Å². The number of nitrogens with zero attached hydrogens (tertiary/aromatic N) is 14. The summed E-state index contributed by atoms with van der Waals surface area (Å²) < 4.78 is 0. The Morgan fingerprint density at radius 3 is 0.653 bits per heavy atom. The molecule has 14 heterocycles. The van der Waals surface area contributed by atoms with E-state index in [1.165, 1.54) is 39.2 Å². The number of carbonyl (C=O) groups is 23. The van der Waals surface area contributed by atoms with Crippen molar-refractivity contribution in [2.45, 2.75) is 275 Å². The second kappa shape index (κ2) is 47.3. The molecular formula is C93H131N23O30S. The fourth-order valence-corrected chi connectivity index (χ4v) is 23.8. The van der Waals surface area contributed by atoms with E-state index in [1.54, 1.807) is 12.2 Å². The van der Waals surface area contributed by atoms with Crippen molar-refractivity contribution in [2.75, 3.05) is 143 Å². The highest BCUT2D eigenvalue weighted by molar-refractivity contribution is 7.80. The minimum atomic E-state index is -1.37. The van der Waals surface area contributed by atoms with Crippen LogP contribution < -0.4 is 48.3 Å². The zero-order valence-corrected chi connectivity index (χ0v) is 82.2. The van der Waals surface area contributed by atoms with Crippen molar-refractivity contribution in [3.8, 4) is 0 Å². The smallest absolute Gasteiger partial charge is 0.250 e. The highest BCUT2D eigenvalue weighted by Gasteiger charge is 2.55. The van der Waals surface area contributed by atoms with Crippen molar-refractivity contribution in [3.05, 3.63) is 23.8 Å². The number of nitrogens with two attached hydrogens (primary N) is 1. The van der Waals surface area contributed by atoms with Crippen LogP contribution in [0.1, 0.15) is 141 Å². The fraction of sp³-hybridized carbons (Fsp3) is 0.710. The summed E-state index contributed by atoms with van der Waals surface area (Å²) in [7, 11) is 0. The first-order valence-corrected chi connectivity index (χ1v) is 51.3. The molecule has 14 aliphatic heterocycles. The number of aliphatic hydroxyl groups excluding tert-OH is 7. The Bertz CT molecular complexity index is 5170. The molecule has 17 N–H and O–H groups in total. The first-order valence-electron chi connectivity index (χ1n) is 50.7. The van der Waals surface area contributed by atoms with Gasteiger partial charge in [0.15, 0.2) is 0 Å². The molecule has 0 bridgehead atoms. The summed E-state index contributed by atoms with van der Waals surface area (Å²) in [6.07, 6.45) is -0.629. The topological polar surface area (TPSA) is 702 Å². The van der Waals surface area contributed by atoms with E-state index in [9.17, 15) is 146 Å². The first-order chi connectivity index (χ1) is 70.2. The molecule has 1 aliphatic carbocycles. The molecule has 0 unspecified atom stereocenters. The summed E-state index contributed by atoms with van der Waals surface area (Å²) in [6.45, 7) is -6.15. The van der Waals surface area contributed by atoms with E-state index in [4.69, 9.17) is 5.73 Å². The molecule has 15 aliphatic rings. The van der Waals surface area contributed by atoms with E-state index in [0.29, 0.717) is 69.9 Å². The summed E-state index contributed by atoms with van der Waals surface area (Å²) in [5, 5.41) is 95.7. The van der Waals surface area contributed by atoms with E-state index in [0.717, 1.165) is 29.4 Å². The Labute approximate surface area is 849 Å². The molecular weight excluding hydrogens is 1950 g/mol. The van der Waals surface area contributed by atoms with Crippen molar-refractivity contribution in [1.82, 2.24) is 111 Å². The molecule has 0 spiro atoms. The number of hydrogen-bond donors (Lipinski definition) is 17. The molecule has 0 aromatic heterocycles. The second-order valence-corrected chi connectivity index (χ2v) is 40.8. The molecule has 804 valence electrons. The number of amides is 23. The number of β-amino-alcohol motifs (C(OH)–C–C–N with tert-alkyl or cyclic N) is 7. The van der Waals surface area contributed by atoms with Crippen LogP contribution in [0.15, 0.2) is 23.8 Å². The number of likely N-dealkylation sites (tertiary alicyclic amines) is 14. The lowest BCUT2D eigenvalue weighted by atomic mass is 10.1. The average molecular weight is 2080 g/mol. The minimum absolute atomic E-state index is 0.0196. The number of thiol groups is 1. The van der Waals surface area contributed by atoms with Crippen molar-refractivity contribution in [3.63, 3.8) is 0 Å². The van der Waals surface area contributed by atoms with E-state index in [1.807, 2.05) is 6.08 Å². The van der Waals surface area contributed by atoms with Crippen LogP contribution in [-0.4, -0.2) is 517 Å². The standard InChI is InChI=1S/C93H131N23O30S/c94-78(131)56(47-147)102-71(124)33-95-79(132)64-26-49(117)40-110(64)87(140)57-12-3-19-103(57)72(125)34-96-80(133)65-27-50(118)41-111(65)88(141)58-13-4-20-104(58)73(126)35-97-81(134)66-28-51(119)42-112(66)89(142)59-14-5-21-105(59)74(127)36-98-82(135)67-29-52(120)43-113(67)90(143)60-15-6-22-106(60)75(128)37-99-83(136)68-30-53(121)44-114(68)91(144)61-16-7-23-107(61)76(129)38-100-84(137)69-31-54(122)45-115(69)92(145)62-17-8-24-108(62)77(130)39-101-85(138)70-32-55(123)46-116(70)93(146)63-18-9-25-109(63)86(139)48-10-1-2-11-48/h1-2,10,49-70,117-123,147H,3-9,11-47H2,(H2,94,131)(H,95,132)(H,96,133)(H,97,134)(H,98,135)(H,99,136)(H,100,137)(H,101,138)(H,102,124)/t49-,50-,51-,52-,53-,54-,55-,56-,57-,58-,59-,60-,61-,62-,63-,64-,65-,66-,67-,68-,69-,70-/m0/s1. The molecule has 0 aromatic carbocycles. The van der Waals surface area contributed by atoms with Gasteiger partial charge in [0.2, 0.25) is 130 Å². The van der Waals surface area contributed by atoms with Gasteiger partial charge in [-0.3, -0.25) is 110 Å². The van der Waals surface area contributed by atoms with Crippen LogP contribution in [0, 0.1) is 0 Å². The molecule has 14 fully saturated rings. The van der Waals surface area contributed by atoms with Crippen molar-refractivity contribution >= 4 is 148 Å². The van der Waals surface area contributed by atoms with Crippen LogP contribution in [0.5, 0.6) is 0 Å². The zero-order valence-electron chi connectivity index (χ0n) is 81.4. The van der Waals surface area contributed by atoms with E-state index >= 15 is 0 Å². The summed E-state index contributed by atoms with van der Waals surface area (Å²) >= 11 is 3.97. The molecule has 53 nitrogen and oxygen atoms in total. The molecule has 0 saturated carbocycles. The Balaban J connectivity index is 0.477.